The van der Waals surface area contributed by atoms with E-state index in [0.29, 0.717) is 22.4 Å². The molecule has 2 heterocycles. The minimum Gasteiger partial charge on any atom is -0.349 e. The van der Waals surface area contributed by atoms with Gasteiger partial charge in [-0.05, 0) is 25.0 Å². The smallest absolute Gasteiger partial charge is 0.252 e. The van der Waals surface area contributed by atoms with Gasteiger partial charge in [0.15, 0.2) is 0 Å². The van der Waals surface area contributed by atoms with Crippen molar-refractivity contribution >= 4 is 28.5 Å². The van der Waals surface area contributed by atoms with Gasteiger partial charge in [0.05, 0.1) is 5.56 Å². The zero-order chi connectivity index (χ0) is 13.2. The van der Waals surface area contributed by atoms with E-state index in [0.717, 1.165) is 18.2 Å². The first-order valence-electron chi connectivity index (χ1n) is 6.68. The molecule has 1 fully saturated rings. The van der Waals surface area contributed by atoms with Crippen LogP contribution in [-0.2, 0) is 0 Å². The molecule has 2 aromatic rings. The van der Waals surface area contributed by atoms with Crippen LogP contribution in [0.15, 0.2) is 18.3 Å². The zero-order valence-electron chi connectivity index (χ0n) is 10.6. The zero-order valence-corrected chi connectivity index (χ0v) is 11.3. The molecule has 0 saturated heterocycles. The third kappa shape index (κ3) is 2.59. The highest BCUT2D eigenvalue weighted by Crippen LogP contribution is 2.22. The molecule has 5 heteroatoms. The number of nitrogens with one attached hydrogen (secondary N) is 2. The van der Waals surface area contributed by atoms with E-state index in [9.17, 15) is 4.79 Å². The van der Waals surface area contributed by atoms with E-state index in [2.05, 4.69) is 15.3 Å². The fourth-order valence-electron chi connectivity index (χ4n) is 2.70. The van der Waals surface area contributed by atoms with Crippen molar-refractivity contribution in [3.05, 3.63) is 29.0 Å². The van der Waals surface area contributed by atoms with Crippen molar-refractivity contribution in [2.75, 3.05) is 0 Å². The summed E-state index contributed by atoms with van der Waals surface area (Å²) in [5.74, 6) is -0.0548. The van der Waals surface area contributed by atoms with Crippen LogP contribution < -0.4 is 5.32 Å². The van der Waals surface area contributed by atoms with E-state index >= 15 is 0 Å². The fraction of sp³-hybridized carbons (Fsp3) is 0.429. The van der Waals surface area contributed by atoms with Crippen molar-refractivity contribution in [1.82, 2.24) is 15.3 Å². The Kier molecular flexibility index (Phi) is 3.42. The first-order valence-corrected chi connectivity index (χ1v) is 7.06. The standard InChI is InChI=1S/C14H16ClN3O/c15-12-8-11(10-6-7-16-13(10)18-12)14(19)17-9-4-2-1-3-5-9/h6-9H,1-5H2,(H,16,18)(H,17,19). The highest BCUT2D eigenvalue weighted by atomic mass is 35.5. The van der Waals surface area contributed by atoms with Gasteiger partial charge in [-0.3, -0.25) is 4.79 Å². The summed E-state index contributed by atoms with van der Waals surface area (Å²) in [5.41, 5.74) is 1.25. The van der Waals surface area contributed by atoms with Crippen molar-refractivity contribution in [2.45, 2.75) is 38.1 Å². The van der Waals surface area contributed by atoms with Gasteiger partial charge in [-0.15, -0.1) is 0 Å². The molecule has 3 rings (SSSR count). The predicted octanol–water partition coefficient (Wildman–Crippen LogP) is 3.28. The van der Waals surface area contributed by atoms with Gasteiger partial charge in [0, 0.05) is 17.6 Å². The molecule has 0 bridgehead atoms. The molecule has 0 spiro atoms. The number of aromatic nitrogens is 2. The topological polar surface area (TPSA) is 57.8 Å². The molecule has 100 valence electrons. The van der Waals surface area contributed by atoms with Crippen LogP contribution in [0.2, 0.25) is 5.15 Å². The van der Waals surface area contributed by atoms with Gasteiger partial charge in [-0.2, -0.15) is 0 Å². The van der Waals surface area contributed by atoms with Crippen LogP contribution in [0.3, 0.4) is 0 Å². The van der Waals surface area contributed by atoms with Crippen LogP contribution in [0.4, 0.5) is 0 Å². The molecule has 2 aromatic heterocycles. The highest BCUT2D eigenvalue weighted by molar-refractivity contribution is 6.30. The van der Waals surface area contributed by atoms with E-state index in [-0.39, 0.29) is 5.91 Å². The molecule has 0 radical (unpaired) electrons. The number of rotatable bonds is 2. The number of carbonyl (C=O) groups excluding carboxylic acids is 1. The molecule has 19 heavy (non-hydrogen) atoms. The number of carbonyl (C=O) groups is 1. The summed E-state index contributed by atoms with van der Waals surface area (Å²) in [6, 6.07) is 3.78. The SMILES string of the molecule is O=C(NC1CCCCC1)c1cc(Cl)nc2[nH]ccc12. The Hall–Kier alpha value is -1.55. The van der Waals surface area contributed by atoms with Gasteiger partial charge < -0.3 is 10.3 Å². The van der Waals surface area contributed by atoms with E-state index < -0.39 is 0 Å². The second kappa shape index (κ2) is 5.21. The maximum absolute atomic E-state index is 12.4. The second-order valence-electron chi connectivity index (χ2n) is 5.04. The molecule has 0 aromatic carbocycles. The number of fused-ring (bicyclic) bond motifs is 1. The average molecular weight is 278 g/mol. The van der Waals surface area contributed by atoms with Gasteiger partial charge in [0.2, 0.25) is 0 Å². The second-order valence-corrected chi connectivity index (χ2v) is 5.43. The molecule has 1 saturated carbocycles. The molecule has 0 atom stereocenters. The Morgan fingerprint density at radius 1 is 1.37 bits per heavy atom. The summed E-state index contributed by atoms with van der Waals surface area (Å²) in [6.07, 6.45) is 7.58. The number of nitrogens with zero attached hydrogens (tertiary/aromatic N) is 1. The van der Waals surface area contributed by atoms with E-state index in [1.165, 1.54) is 19.3 Å². The van der Waals surface area contributed by atoms with Gasteiger partial charge in [-0.1, -0.05) is 30.9 Å². The molecular weight excluding hydrogens is 262 g/mol. The molecule has 1 amide bonds. The fourth-order valence-corrected chi connectivity index (χ4v) is 2.90. The van der Waals surface area contributed by atoms with Gasteiger partial charge in [-0.25, -0.2) is 4.98 Å². The molecule has 1 aliphatic carbocycles. The summed E-state index contributed by atoms with van der Waals surface area (Å²) in [7, 11) is 0. The first kappa shape index (κ1) is 12.5. The molecule has 2 N–H and O–H groups in total. The maximum Gasteiger partial charge on any atom is 0.252 e. The Morgan fingerprint density at radius 3 is 2.95 bits per heavy atom. The quantitative estimate of drug-likeness (QED) is 0.828. The molecule has 0 unspecified atom stereocenters. The van der Waals surface area contributed by atoms with Crippen molar-refractivity contribution in [3.63, 3.8) is 0 Å². The number of halogens is 1. The Labute approximate surface area is 116 Å². The summed E-state index contributed by atoms with van der Waals surface area (Å²) < 4.78 is 0. The van der Waals surface area contributed by atoms with Crippen molar-refractivity contribution in [3.8, 4) is 0 Å². The Bertz CT molecular complexity index is 602. The normalized spacial score (nSPS) is 16.7. The Morgan fingerprint density at radius 2 is 2.16 bits per heavy atom. The van der Waals surface area contributed by atoms with Gasteiger partial charge in [0.1, 0.15) is 10.8 Å². The molecule has 1 aliphatic rings. The number of amides is 1. The van der Waals surface area contributed by atoms with Gasteiger partial charge in [0.25, 0.3) is 5.91 Å². The summed E-state index contributed by atoms with van der Waals surface area (Å²) in [6.45, 7) is 0. The summed E-state index contributed by atoms with van der Waals surface area (Å²) in [5, 5.41) is 4.26. The number of hydrogen-bond donors (Lipinski definition) is 2. The molecule has 4 nitrogen and oxygen atoms in total. The van der Waals surface area contributed by atoms with E-state index in [4.69, 9.17) is 11.6 Å². The van der Waals surface area contributed by atoms with Crippen LogP contribution in [-0.4, -0.2) is 21.9 Å². The van der Waals surface area contributed by atoms with Crippen molar-refractivity contribution < 1.29 is 4.79 Å². The van der Waals surface area contributed by atoms with E-state index in [1.807, 2.05) is 6.07 Å². The summed E-state index contributed by atoms with van der Waals surface area (Å²) in [4.78, 5) is 19.5. The summed E-state index contributed by atoms with van der Waals surface area (Å²) >= 11 is 5.96. The average Bonchev–Trinajstić information content (AvgIpc) is 2.86. The first-order chi connectivity index (χ1) is 9.24. The highest BCUT2D eigenvalue weighted by Gasteiger charge is 2.19. The third-order valence-corrected chi connectivity index (χ3v) is 3.88. The van der Waals surface area contributed by atoms with E-state index in [1.54, 1.807) is 12.3 Å². The molecular formula is C14H16ClN3O. The lowest BCUT2D eigenvalue weighted by atomic mass is 9.95. The van der Waals surface area contributed by atoms with Crippen molar-refractivity contribution in [2.24, 2.45) is 0 Å². The van der Waals surface area contributed by atoms with Gasteiger partial charge >= 0.3 is 0 Å². The number of hydrogen-bond acceptors (Lipinski definition) is 2. The van der Waals surface area contributed by atoms with Crippen molar-refractivity contribution in [1.29, 1.82) is 0 Å². The number of aromatic amines is 1. The minimum atomic E-state index is -0.0548. The lowest BCUT2D eigenvalue weighted by Crippen LogP contribution is -2.36. The maximum atomic E-state index is 12.4. The lowest BCUT2D eigenvalue weighted by Gasteiger charge is -2.22. The predicted molar refractivity (Wildman–Crippen MR) is 75.4 cm³/mol. The third-order valence-electron chi connectivity index (χ3n) is 3.68. The van der Waals surface area contributed by atoms with Crippen LogP contribution in [0.5, 0.6) is 0 Å². The minimum absolute atomic E-state index is 0.0548. The molecule has 0 aliphatic heterocycles. The van der Waals surface area contributed by atoms with Crippen LogP contribution in [0.1, 0.15) is 42.5 Å². The van der Waals surface area contributed by atoms with Crippen LogP contribution in [0, 0.1) is 0 Å². The van der Waals surface area contributed by atoms with Crippen LogP contribution >= 0.6 is 11.6 Å². The Balaban J connectivity index is 1.86. The lowest BCUT2D eigenvalue weighted by molar-refractivity contribution is 0.0929. The number of H-pyrrole nitrogens is 1. The largest absolute Gasteiger partial charge is 0.349 e. The number of pyridine rings is 1. The van der Waals surface area contributed by atoms with Crippen LogP contribution in [0.25, 0.3) is 11.0 Å². The monoisotopic (exact) mass is 277 g/mol.